The van der Waals surface area contributed by atoms with Crippen molar-refractivity contribution in [2.45, 2.75) is 119 Å². The molecular formula is C32H52O. The van der Waals surface area contributed by atoms with Gasteiger partial charge in [-0.05, 0) is 122 Å². The van der Waals surface area contributed by atoms with E-state index in [2.05, 4.69) is 61.5 Å². The summed E-state index contributed by atoms with van der Waals surface area (Å²) in [7, 11) is 0. The van der Waals surface area contributed by atoms with Crippen molar-refractivity contribution in [1.82, 2.24) is 0 Å². The normalized spacial score (nSPS) is 56.9. The molecule has 0 aromatic rings. The number of ether oxygens (including phenoxy) is 1. The van der Waals surface area contributed by atoms with Crippen molar-refractivity contribution in [2.24, 2.45) is 62.6 Å². The fourth-order valence-corrected chi connectivity index (χ4v) is 12.1. The first kappa shape index (κ1) is 23.1. The van der Waals surface area contributed by atoms with E-state index >= 15 is 0 Å². The molecule has 0 amide bonds. The molecule has 5 fully saturated rings. The van der Waals surface area contributed by atoms with E-state index in [1.165, 1.54) is 57.8 Å². The molecule has 1 heteroatoms. The van der Waals surface area contributed by atoms with Gasteiger partial charge in [-0.1, -0.05) is 60.1 Å². The monoisotopic (exact) mass is 452 g/mol. The maximum atomic E-state index is 6.14. The van der Waals surface area contributed by atoms with Gasteiger partial charge < -0.3 is 4.74 Å². The lowest BCUT2D eigenvalue weighted by Crippen LogP contribution is -2.65. The molecule has 6 aliphatic rings. The second-order valence-corrected chi connectivity index (χ2v) is 15.5. The zero-order valence-electron chi connectivity index (χ0n) is 23.1. The lowest BCUT2D eigenvalue weighted by Gasteiger charge is -2.72. The molecule has 5 aliphatic carbocycles. The first-order valence-corrected chi connectivity index (χ1v) is 14.7. The maximum absolute atomic E-state index is 6.14. The van der Waals surface area contributed by atoms with E-state index < -0.39 is 0 Å². The van der Waals surface area contributed by atoms with Crippen LogP contribution in [0.5, 0.6) is 0 Å². The molecule has 1 aliphatic heterocycles. The molecule has 33 heavy (non-hydrogen) atoms. The molecule has 1 unspecified atom stereocenters. The summed E-state index contributed by atoms with van der Waals surface area (Å²) in [5, 5.41) is 0. The van der Waals surface area contributed by atoms with Crippen LogP contribution in [0.2, 0.25) is 0 Å². The van der Waals surface area contributed by atoms with Crippen LogP contribution in [0.15, 0.2) is 11.6 Å². The first-order chi connectivity index (χ1) is 15.4. The van der Waals surface area contributed by atoms with Gasteiger partial charge in [-0.2, -0.15) is 0 Å². The third kappa shape index (κ3) is 2.70. The van der Waals surface area contributed by atoms with Gasteiger partial charge in [0.15, 0.2) is 0 Å². The van der Waals surface area contributed by atoms with Crippen molar-refractivity contribution < 1.29 is 4.74 Å². The van der Waals surface area contributed by atoms with Gasteiger partial charge in [0.2, 0.25) is 0 Å². The molecule has 10 atom stereocenters. The molecule has 0 radical (unpaired) electrons. The highest BCUT2D eigenvalue weighted by molar-refractivity contribution is 5.25. The standard InChI is InChI=1S/C32H52O/c1-20(2)22-12-16-32(26-19-33-26)18-17-30(7)23(27(22)32)9-10-25-29(6)14-11-21(3)28(4,5)24(29)13-15-31(25,30)8/h11,20,22-27H,9-10,12-19H2,1-8H3/t22-,23+,24-,25+,26?,27+,29-,30+,31+,32+/m0/s1. The van der Waals surface area contributed by atoms with E-state index in [0.717, 1.165) is 42.1 Å². The summed E-state index contributed by atoms with van der Waals surface area (Å²) >= 11 is 0. The van der Waals surface area contributed by atoms with E-state index in [1.54, 1.807) is 5.57 Å². The minimum Gasteiger partial charge on any atom is -0.373 e. The predicted octanol–water partition coefficient (Wildman–Crippen LogP) is 8.68. The molecule has 6 rings (SSSR count). The average molecular weight is 453 g/mol. The smallest absolute Gasteiger partial charge is 0.0868 e. The van der Waals surface area contributed by atoms with Crippen LogP contribution in [0.1, 0.15) is 113 Å². The number of rotatable bonds is 2. The Morgan fingerprint density at radius 3 is 2.24 bits per heavy atom. The van der Waals surface area contributed by atoms with Crippen LogP contribution >= 0.6 is 0 Å². The summed E-state index contributed by atoms with van der Waals surface area (Å²) in [5.74, 6) is 5.31. The third-order valence-corrected chi connectivity index (χ3v) is 14.4. The molecule has 0 spiro atoms. The van der Waals surface area contributed by atoms with E-state index in [1.807, 2.05) is 0 Å². The minimum atomic E-state index is 0.366. The van der Waals surface area contributed by atoms with Crippen LogP contribution < -0.4 is 0 Å². The Hall–Kier alpha value is -0.300. The van der Waals surface area contributed by atoms with Gasteiger partial charge in [-0.3, -0.25) is 0 Å². The van der Waals surface area contributed by atoms with Crippen molar-refractivity contribution in [2.75, 3.05) is 6.61 Å². The Morgan fingerprint density at radius 2 is 1.58 bits per heavy atom. The van der Waals surface area contributed by atoms with Gasteiger partial charge in [-0.25, -0.2) is 0 Å². The Balaban J connectivity index is 1.41. The van der Waals surface area contributed by atoms with Crippen LogP contribution in [0, 0.1) is 62.6 Å². The number of allylic oxidation sites excluding steroid dienone is 2. The van der Waals surface area contributed by atoms with Gasteiger partial charge in [0.25, 0.3) is 0 Å². The summed E-state index contributed by atoms with van der Waals surface area (Å²) in [4.78, 5) is 0. The number of hydrogen-bond donors (Lipinski definition) is 0. The van der Waals surface area contributed by atoms with Crippen LogP contribution in [0.3, 0.4) is 0 Å². The summed E-state index contributed by atoms with van der Waals surface area (Å²) in [6.45, 7) is 22.0. The highest BCUT2D eigenvalue weighted by atomic mass is 16.6. The molecule has 0 bridgehead atoms. The van der Waals surface area contributed by atoms with Crippen LogP contribution in [0.4, 0.5) is 0 Å². The first-order valence-electron chi connectivity index (χ1n) is 14.7. The van der Waals surface area contributed by atoms with Crippen LogP contribution in [0.25, 0.3) is 0 Å². The lowest BCUT2D eigenvalue weighted by molar-refractivity contribution is -0.231. The molecule has 1 heterocycles. The van der Waals surface area contributed by atoms with Crippen molar-refractivity contribution in [1.29, 1.82) is 0 Å². The second-order valence-electron chi connectivity index (χ2n) is 15.5. The molecular weight excluding hydrogens is 400 g/mol. The zero-order valence-corrected chi connectivity index (χ0v) is 23.1. The number of hydrogen-bond acceptors (Lipinski definition) is 1. The third-order valence-electron chi connectivity index (χ3n) is 14.4. The average Bonchev–Trinajstić information content (AvgIpc) is 3.52. The fourth-order valence-electron chi connectivity index (χ4n) is 12.1. The van der Waals surface area contributed by atoms with Crippen molar-refractivity contribution in [3.8, 4) is 0 Å². The van der Waals surface area contributed by atoms with E-state index in [-0.39, 0.29) is 0 Å². The molecule has 1 nitrogen and oxygen atoms in total. The van der Waals surface area contributed by atoms with Gasteiger partial charge in [-0.15, -0.1) is 0 Å². The summed E-state index contributed by atoms with van der Waals surface area (Å²) in [6, 6.07) is 0. The fraction of sp³-hybridized carbons (Fsp3) is 0.938. The highest BCUT2D eigenvalue weighted by Crippen LogP contribution is 2.78. The van der Waals surface area contributed by atoms with Gasteiger partial charge in [0.05, 0.1) is 12.7 Å². The quantitative estimate of drug-likeness (QED) is 0.301. The molecule has 0 N–H and O–H groups in total. The zero-order chi connectivity index (χ0) is 23.6. The molecule has 0 aromatic carbocycles. The molecule has 0 aromatic heterocycles. The summed E-state index contributed by atoms with van der Waals surface area (Å²) in [6.07, 6.45) is 16.3. The topological polar surface area (TPSA) is 12.5 Å². The van der Waals surface area contributed by atoms with E-state index in [0.29, 0.717) is 33.2 Å². The predicted molar refractivity (Wildman–Crippen MR) is 138 cm³/mol. The highest BCUT2D eigenvalue weighted by Gasteiger charge is 2.72. The Bertz CT molecular complexity index is 849. The van der Waals surface area contributed by atoms with Gasteiger partial charge >= 0.3 is 0 Å². The van der Waals surface area contributed by atoms with Gasteiger partial charge in [0, 0.05) is 5.41 Å². The minimum absolute atomic E-state index is 0.366. The van der Waals surface area contributed by atoms with Crippen LogP contribution in [-0.2, 0) is 4.74 Å². The van der Waals surface area contributed by atoms with Crippen molar-refractivity contribution in [3.63, 3.8) is 0 Å². The van der Waals surface area contributed by atoms with E-state index in [4.69, 9.17) is 4.74 Å². The summed E-state index contributed by atoms with van der Waals surface area (Å²) < 4.78 is 6.14. The second kappa shape index (κ2) is 6.92. The number of epoxide rings is 1. The lowest BCUT2D eigenvalue weighted by atomic mass is 9.32. The van der Waals surface area contributed by atoms with Crippen LogP contribution in [-0.4, -0.2) is 12.7 Å². The molecule has 1 saturated heterocycles. The Kier molecular flexibility index (Phi) is 4.85. The van der Waals surface area contributed by atoms with Gasteiger partial charge in [0.1, 0.15) is 0 Å². The summed E-state index contributed by atoms with van der Waals surface area (Å²) in [5.41, 5.74) is 4.03. The van der Waals surface area contributed by atoms with Crippen molar-refractivity contribution >= 4 is 0 Å². The Morgan fingerprint density at radius 1 is 0.848 bits per heavy atom. The largest absolute Gasteiger partial charge is 0.373 e. The SMILES string of the molecule is CC1=CC[C@]2(C)[C@H]3CC[C@@H]4[C@H]5[C@H](C(C)C)CC[C@]5(C5CO5)CC[C@@]4(C)[C@]3(C)CC[C@H]2C1(C)C. The molecule has 4 saturated carbocycles. The maximum Gasteiger partial charge on any atom is 0.0868 e. The Labute approximate surface area is 204 Å². The van der Waals surface area contributed by atoms with E-state index in [9.17, 15) is 0 Å². The van der Waals surface area contributed by atoms with Crippen molar-refractivity contribution in [3.05, 3.63) is 11.6 Å². The number of fused-ring (bicyclic) bond motifs is 7. The molecule has 186 valence electrons.